The molecule has 0 spiro atoms. The van der Waals surface area contributed by atoms with E-state index in [9.17, 15) is 5.41 Å². The Kier molecular flexibility index (Phi) is 6.81. The lowest BCUT2D eigenvalue weighted by atomic mass is 9.78. The molecule has 0 saturated carbocycles. The van der Waals surface area contributed by atoms with Gasteiger partial charge in [0.1, 0.15) is 0 Å². The molecule has 4 nitrogen and oxygen atoms in total. The van der Waals surface area contributed by atoms with E-state index in [1.165, 1.54) is 0 Å². The van der Waals surface area contributed by atoms with Crippen LogP contribution in [0.4, 0.5) is 0 Å². The summed E-state index contributed by atoms with van der Waals surface area (Å²) >= 11 is 0. The quantitative estimate of drug-likeness (QED) is 0.213. The average Bonchev–Trinajstić information content (AvgIpc) is 3.21. The minimum atomic E-state index is -0.440. The molecule has 6 rings (SSSR count). The lowest BCUT2D eigenvalue weighted by Gasteiger charge is -2.34. The molecule has 1 saturated heterocycles. The van der Waals surface area contributed by atoms with E-state index in [0.29, 0.717) is 5.71 Å². The number of hydrogen-bond donors (Lipinski definition) is 1. The van der Waals surface area contributed by atoms with Crippen molar-refractivity contribution in [1.82, 2.24) is 4.90 Å². The van der Waals surface area contributed by atoms with Gasteiger partial charge in [0.15, 0.2) is 0 Å². The van der Waals surface area contributed by atoms with Gasteiger partial charge >= 0.3 is 7.12 Å². The molecule has 0 bridgehead atoms. The first-order chi connectivity index (χ1) is 19.7. The third-order valence-electron chi connectivity index (χ3n) is 8.55. The maximum Gasteiger partial charge on any atom is 0.494 e. The van der Waals surface area contributed by atoms with Gasteiger partial charge in [0.2, 0.25) is 0 Å². The molecule has 0 radical (unpaired) electrons. The van der Waals surface area contributed by atoms with E-state index in [2.05, 4.69) is 119 Å². The Morgan fingerprint density at radius 3 is 1.88 bits per heavy atom. The highest BCUT2D eigenvalue weighted by Crippen LogP contribution is 2.42. The summed E-state index contributed by atoms with van der Waals surface area (Å²) in [5.41, 5.74) is 8.76. The predicted molar refractivity (Wildman–Crippen MR) is 171 cm³/mol. The van der Waals surface area contributed by atoms with Crippen molar-refractivity contribution in [2.75, 3.05) is 7.05 Å². The zero-order valence-electron chi connectivity index (χ0n) is 24.3. The predicted octanol–water partition coefficient (Wildman–Crippen LogP) is 7.37. The second-order valence-corrected chi connectivity index (χ2v) is 11.7. The molecule has 0 atom stereocenters. The normalized spacial score (nSPS) is 18.5. The largest absolute Gasteiger partial charge is 0.494 e. The Morgan fingerprint density at radius 2 is 1.24 bits per heavy atom. The summed E-state index contributed by atoms with van der Waals surface area (Å²) in [5, 5.41) is 9.53. The molecular weight excluding hydrogens is 503 g/mol. The fraction of sp³-hybridized carbons (Fsp3) is 0.194. The van der Waals surface area contributed by atoms with Crippen LogP contribution in [0.5, 0.6) is 0 Å². The third-order valence-corrected chi connectivity index (χ3v) is 8.55. The number of allylic oxidation sites excluding steroid dienone is 1. The van der Waals surface area contributed by atoms with Gasteiger partial charge in [0, 0.05) is 29.4 Å². The smallest absolute Gasteiger partial charge is 0.399 e. The van der Waals surface area contributed by atoms with Crippen molar-refractivity contribution in [3.8, 4) is 0 Å². The summed E-state index contributed by atoms with van der Waals surface area (Å²) in [5.74, 6) is 0. The molecule has 0 amide bonds. The van der Waals surface area contributed by atoms with Crippen molar-refractivity contribution in [1.29, 1.82) is 5.41 Å². The number of fused-ring (bicyclic) bond motifs is 1. The van der Waals surface area contributed by atoms with Crippen LogP contribution < -0.4 is 5.46 Å². The van der Waals surface area contributed by atoms with E-state index in [1.807, 2.05) is 36.4 Å². The highest BCUT2D eigenvalue weighted by molar-refractivity contribution is 6.62. The molecule has 4 aromatic carbocycles. The molecule has 5 heteroatoms. The number of rotatable bonds is 5. The van der Waals surface area contributed by atoms with E-state index >= 15 is 0 Å². The molecule has 204 valence electrons. The van der Waals surface area contributed by atoms with E-state index in [0.717, 1.165) is 50.2 Å². The van der Waals surface area contributed by atoms with E-state index < -0.39 is 18.3 Å². The number of benzene rings is 4. The molecule has 41 heavy (non-hydrogen) atoms. The van der Waals surface area contributed by atoms with Gasteiger partial charge in [-0.25, -0.2) is 0 Å². The lowest BCUT2D eigenvalue weighted by Crippen LogP contribution is -2.41. The van der Waals surface area contributed by atoms with Gasteiger partial charge in [-0.05, 0) is 55.9 Å². The second kappa shape index (κ2) is 10.3. The highest BCUT2D eigenvalue weighted by atomic mass is 16.7. The Labute approximate surface area is 243 Å². The van der Waals surface area contributed by atoms with Crippen molar-refractivity contribution < 1.29 is 9.31 Å². The number of nitrogens with one attached hydrogen (secondary N) is 1. The number of nitrogens with zero attached hydrogens (tertiary/aromatic N) is 1. The number of hydrogen-bond acceptors (Lipinski definition) is 4. The van der Waals surface area contributed by atoms with Crippen LogP contribution in [0.2, 0.25) is 0 Å². The molecule has 0 aromatic heterocycles. The SMILES string of the molecule is CN1C(c2ccccc2)=Cc2ccccc2/C1=C(/C(=N)c1ccccc1)c1ccc(B2OC(C)(C)C(C)(C)O2)cc1. The molecule has 2 aliphatic heterocycles. The Hall–Kier alpha value is -4.19. The molecular formula is C36H35BN2O2. The van der Waals surface area contributed by atoms with Crippen LogP contribution in [-0.2, 0) is 9.31 Å². The maximum absolute atomic E-state index is 9.53. The topological polar surface area (TPSA) is 45.6 Å². The van der Waals surface area contributed by atoms with Crippen molar-refractivity contribution in [2.24, 2.45) is 0 Å². The molecule has 1 fully saturated rings. The average molecular weight is 539 g/mol. The molecule has 0 aliphatic carbocycles. The fourth-order valence-electron chi connectivity index (χ4n) is 5.51. The van der Waals surface area contributed by atoms with Crippen molar-refractivity contribution >= 4 is 41.3 Å². The summed E-state index contributed by atoms with van der Waals surface area (Å²) in [6.07, 6.45) is 2.24. The van der Waals surface area contributed by atoms with Gasteiger partial charge in [-0.2, -0.15) is 0 Å². The molecule has 1 N–H and O–H groups in total. The van der Waals surface area contributed by atoms with Crippen LogP contribution in [0.3, 0.4) is 0 Å². The van der Waals surface area contributed by atoms with Crippen LogP contribution in [0.25, 0.3) is 23.0 Å². The van der Waals surface area contributed by atoms with E-state index in [1.54, 1.807) is 0 Å². The van der Waals surface area contributed by atoms with Gasteiger partial charge in [-0.3, -0.25) is 5.41 Å². The Balaban J connectivity index is 1.52. The lowest BCUT2D eigenvalue weighted by molar-refractivity contribution is 0.00578. The maximum atomic E-state index is 9.53. The van der Waals surface area contributed by atoms with Gasteiger partial charge in [0.05, 0.1) is 22.6 Å². The minimum absolute atomic E-state index is 0.409. The van der Waals surface area contributed by atoms with Crippen LogP contribution in [0, 0.1) is 5.41 Å². The van der Waals surface area contributed by atoms with Crippen LogP contribution in [-0.4, -0.2) is 36.0 Å². The minimum Gasteiger partial charge on any atom is -0.399 e. The molecule has 2 aliphatic rings. The van der Waals surface area contributed by atoms with Crippen LogP contribution in [0.1, 0.15) is 55.5 Å². The van der Waals surface area contributed by atoms with Gasteiger partial charge in [0.25, 0.3) is 0 Å². The third kappa shape index (κ3) is 4.86. The molecule has 2 heterocycles. The Morgan fingerprint density at radius 1 is 0.683 bits per heavy atom. The van der Waals surface area contributed by atoms with Gasteiger partial charge in [-0.1, -0.05) is 109 Å². The van der Waals surface area contributed by atoms with E-state index in [4.69, 9.17) is 9.31 Å². The van der Waals surface area contributed by atoms with Gasteiger partial charge < -0.3 is 14.2 Å². The first-order valence-corrected chi connectivity index (χ1v) is 14.1. The summed E-state index contributed by atoms with van der Waals surface area (Å²) in [6, 6.07) is 37.2. The first kappa shape index (κ1) is 27.0. The molecule has 0 unspecified atom stereocenters. The van der Waals surface area contributed by atoms with Crippen LogP contribution in [0.15, 0.2) is 109 Å². The monoisotopic (exact) mass is 538 g/mol. The second-order valence-electron chi connectivity index (χ2n) is 11.7. The van der Waals surface area contributed by atoms with E-state index in [-0.39, 0.29) is 0 Å². The molecule has 4 aromatic rings. The highest BCUT2D eigenvalue weighted by Gasteiger charge is 2.51. The standard InChI is InChI=1S/C36H35BN2O2/c1-35(2)36(3,4)41-37(40-35)29-22-20-26(21-23-29)32(33(38)27-16-10-7-11-17-27)34-30-19-13-12-18-28(30)24-31(39(34)5)25-14-8-6-9-15-25/h6-24,38H,1-5H3/b34-32-,38-33?. The summed E-state index contributed by atoms with van der Waals surface area (Å²) in [6.45, 7) is 8.27. The summed E-state index contributed by atoms with van der Waals surface area (Å²) in [4.78, 5) is 2.23. The zero-order valence-corrected chi connectivity index (χ0v) is 24.3. The zero-order chi connectivity index (χ0) is 28.8. The van der Waals surface area contributed by atoms with Crippen molar-refractivity contribution in [3.63, 3.8) is 0 Å². The summed E-state index contributed by atoms with van der Waals surface area (Å²) < 4.78 is 12.6. The van der Waals surface area contributed by atoms with Crippen molar-refractivity contribution in [2.45, 2.75) is 38.9 Å². The van der Waals surface area contributed by atoms with Crippen molar-refractivity contribution in [3.05, 3.63) is 137 Å². The summed E-state index contributed by atoms with van der Waals surface area (Å²) in [7, 11) is 1.66. The van der Waals surface area contributed by atoms with Crippen LogP contribution >= 0.6 is 0 Å². The van der Waals surface area contributed by atoms with Gasteiger partial charge in [-0.15, -0.1) is 0 Å². The Bertz CT molecular complexity index is 1640. The first-order valence-electron chi connectivity index (χ1n) is 14.1. The fourth-order valence-corrected chi connectivity index (χ4v) is 5.51.